The molecule has 0 unspecified atom stereocenters. The minimum absolute atomic E-state index is 0.0216. The van der Waals surface area contributed by atoms with Gasteiger partial charge in [0, 0.05) is 17.3 Å². The Balaban J connectivity index is 2.40. The highest BCUT2D eigenvalue weighted by molar-refractivity contribution is 6.62. The largest absolute Gasteiger partial charge is 0.494 e. The minimum Gasteiger partial charge on any atom is -0.399 e. The molecule has 23 heavy (non-hydrogen) atoms. The second-order valence-electron chi connectivity index (χ2n) is 7.69. The van der Waals surface area contributed by atoms with Crippen LogP contribution in [-0.4, -0.2) is 23.3 Å². The summed E-state index contributed by atoms with van der Waals surface area (Å²) >= 11 is 0. The Morgan fingerprint density at radius 2 is 1.43 bits per heavy atom. The highest BCUT2D eigenvalue weighted by Crippen LogP contribution is 2.46. The van der Waals surface area contributed by atoms with E-state index in [1.165, 1.54) is 0 Å². The van der Waals surface area contributed by atoms with E-state index in [9.17, 15) is 0 Å². The quantitative estimate of drug-likeness (QED) is 0.761. The van der Waals surface area contributed by atoms with Gasteiger partial charge in [0.25, 0.3) is 0 Å². The second-order valence-corrected chi connectivity index (χ2v) is 7.69. The van der Waals surface area contributed by atoms with Gasteiger partial charge in [0.15, 0.2) is 0 Å². The summed E-state index contributed by atoms with van der Waals surface area (Å²) in [5.41, 5.74) is 1.78. The molecule has 128 valence electrons. The lowest BCUT2D eigenvalue weighted by Crippen LogP contribution is -2.50. The summed E-state index contributed by atoms with van der Waals surface area (Å²) in [5, 5.41) is 0. The molecule has 0 aromatic carbocycles. The molecule has 0 radical (unpaired) electrons. The summed E-state index contributed by atoms with van der Waals surface area (Å²) in [6.07, 6.45) is 5.76. The van der Waals surface area contributed by atoms with E-state index in [2.05, 4.69) is 59.5 Å². The molecule has 4 heteroatoms. The molecule has 0 N–H and O–H groups in total. The van der Waals surface area contributed by atoms with Gasteiger partial charge in [-0.15, -0.1) is 0 Å². The highest BCUT2D eigenvalue weighted by Gasteiger charge is 2.58. The third-order valence-corrected chi connectivity index (χ3v) is 5.60. The molecular weight excluding hydrogens is 285 g/mol. The van der Waals surface area contributed by atoms with Crippen molar-refractivity contribution < 1.29 is 9.31 Å². The molecule has 1 aliphatic rings. The number of hydrogen-bond donors (Lipinski definition) is 0. The van der Waals surface area contributed by atoms with Crippen molar-refractivity contribution in [3.05, 3.63) is 24.0 Å². The molecule has 3 nitrogen and oxygen atoms in total. The molecule has 0 amide bonds. The van der Waals surface area contributed by atoms with E-state index in [-0.39, 0.29) is 23.7 Å². The summed E-state index contributed by atoms with van der Waals surface area (Å²) in [4.78, 5) is 4.52. The van der Waals surface area contributed by atoms with Gasteiger partial charge < -0.3 is 9.31 Å². The molecule has 2 rings (SSSR count). The van der Waals surface area contributed by atoms with Crippen LogP contribution in [0.4, 0.5) is 0 Å². The van der Waals surface area contributed by atoms with Crippen molar-refractivity contribution in [2.75, 3.05) is 0 Å². The fraction of sp³-hybridized carbons (Fsp3) is 0.737. The summed E-state index contributed by atoms with van der Waals surface area (Å²) < 4.78 is 13.1. The molecule has 0 spiro atoms. The van der Waals surface area contributed by atoms with Gasteiger partial charge in [-0.3, -0.25) is 4.98 Å². The van der Waals surface area contributed by atoms with Gasteiger partial charge in [-0.25, -0.2) is 0 Å². The van der Waals surface area contributed by atoms with Crippen LogP contribution in [0, 0.1) is 0 Å². The third-order valence-electron chi connectivity index (χ3n) is 5.60. The fourth-order valence-electron chi connectivity index (χ4n) is 3.91. The normalized spacial score (nSPS) is 20.0. The molecule has 0 aliphatic carbocycles. The van der Waals surface area contributed by atoms with Crippen molar-refractivity contribution in [1.82, 2.24) is 4.98 Å². The first-order chi connectivity index (χ1) is 10.8. The number of nitrogens with zero attached hydrogens (tertiary/aromatic N) is 1. The summed E-state index contributed by atoms with van der Waals surface area (Å²) in [6.45, 7) is 15.4. The van der Waals surface area contributed by atoms with Crippen LogP contribution in [0.15, 0.2) is 18.3 Å². The van der Waals surface area contributed by atoms with E-state index in [4.69, 9.17) is 9.31 Å². The first-order valence-electron chi connectivity index (χ1n) is 9.09. The number of pyridine rings is 1. The van der Waals surface area contributed by atoms with Crippen LogP contribution in [-0.2, 0) is 14.7 Å². The Labute approximate surface area is 142 Å². The SMILES string of the molecule is CCC1(CC)OB(c2ccnc(C(C)(C)C)c2)OC1(CC)CC. The minimum atomic E-state index is -0.293. The van der Waals surface area contributed by atoms with Crippen LogP contribution in [0.5, 0.6) is 0 Å². The van der Waals surface area contributed by atoms with Crippen LogP contribution in [0.25, 0.3) is 0 Å². The monoisotopic (exact) mass is 317 g/mol. The van der Waals surface area contributed by atoms with Gasteiger partial charge in [0.05, 0.1) is 11.2 Å². The Hall–Kier alpha value is -0.865. The predicted molar refractivity (Wildman–Crippen MR) is 97.1 cm³/mol. The van der Waals surface area contributed by atoms with Gasteiger partial charge in [0.1, 0.15) is 0 Å². The zero-order valence-corrected chi connectivity index (χ0v) is 15.9. The van der Waals surface area contributed by atoms with Gasteiger partial charge in [0.2, 0.25) is 0 Å². The van der Waals surface area contributed by atoms with E-state index >= 15 is 0 Å². The number of rotatable bonds is 5. The van der Waals surface area contributed by atoms with E-state index in [1.54, 1.807) is 0 Å². The van der Waals surface area contributed by atoms with Crippen LogP contribution in [0.1, 0.15) is 79.8 Å². The molecule has 1 saturated heterocycles. The maximum atomic E-state index is 6.55. The van der Waals surface area contributed by atoms with Crippen LogP contribution in [0.2, 0.25) is 0 Å². The third kappa shape index (κ3) is 3.08. The van der Waals surface area contributed by atoms with Gasteiger partial charge in [-0.2, -0.15) is 0 Å². The Morgan fingerprint density at radius 1 is 0.957 bits per heavy atom. The highest BCUT2D eigenvalue weighted by atomic mass is 16.7. The first-order valence-corrected chi connectivity index (χ1v) is 9.09. The lowest BCUT2D eigenvalue weighted by molar-refractivity contribution is -0.0601. The van der Waals surface area contributed by atoms with Crippen molar-refractivity contribution in [2.24, 2.45) is 0 Å². The van der Waals surface area contributed by atoms with Crippen LogP contribution >= 0.6 is 0 Å². The number of hydrogen-bond acceptors (Lipinski definition) is 3. The average Bonchev–Trinajstić information content (AvgIpc) is 2.89. The predicted octanol–water partition coefficient (Wildman–Crippen LogP) is 4.24. The zero-order chi connectivity index (χ0) is 17.3. The molecule has 1 aliphatic heterocycles. The summed E-state index contributed by atoms with van der Waals surface area (Å²) in [7, 11) is -0.293. The molecule has 1 aromatic heterocycles. The fourth-order valence-corrected chi connectivity index (χ4v) is 3.91. The molecule has 1 fully saturated rings. The first kappa shape index (κ1) is 18.5. The van der Waals surface area contributed by atoms with Crippen molar-refractivity contribution in [3.63, 3.8) is 0 Å². The molecule has 0 saturated carbocycles. The van der Waals surface area contributed by atoms with E-state index < -0.39 is 0 Å². The molecular formula is C19H32BNO2. The maximum absolute atomic E-state index is 6.55. The van der Waals surface area contributed by atoms with Crippen LogP contribution < -0.4 is 5.46 Å². The topological polar surface area (TPSA) is 31.4 Å². The standard InChI is InChI=1S/C19H32BNO2/c1-8-18(9-2)19(10-3,11-4)23-20(22-18)15-12-13-21-16(14-15)17(5,6)7/h12-14H,8-11H2,1-7H3. The molecule has 1 aromatic rings. The maximum Gasteiger partial charge on any atom is 0.494 e. The summed E-state index contributed by atoms with van der Waals surface area (Å²) in [6, 6.07) is 4.17. The average molecular weight is 317 g/mol. The molecule has 0 bridgehead atoms. The number of aromatic nitrogens is 1. The molecule has 0 atom stereocenters. The van der Waals surface area contributed by atoms with E-state index in [1.807, 2.05) is 12.3 Å². The Bertz CT molecular complexity index is 510. The molecule has 2 heterocycles. The van der Waals surface area contributed by atoms with Gasteiger partial charge in [-0.1, -0.05) is 48.5 Å². The summed E-state index contributed by atoms with van der Waals surface area (Å²) in [5.74, 6) is 0. The van der Waals surface area contributed by atoms with Crippen molar-refractivity contribution in [1.29, 1.82) is 0 Å². The Kier molecular flexibility index (Phi) is 5.27. The lowest BCUT2D eigenvalue weighted by Gasteiger charge is -2.42. The van der Waals surface area contributed by atoms with Crippen LogP contribution in [0.3, 0.4) is 0 Å². The second kappa shape index (κ2) is 6.56. The van der Waals surface area contributed by atoms with Crippen molar-refractivity contribution in [2.45, 2.75) is 90.8 Å². The van der Waals surface area contributed by atoms with Gasteiger partial charge >= 0.3 is 7.12 Å². The smallest absolute Gasteiger partial charge is 0.399 e. The zero-order valence-electron chi connectivity index (χ0n) is 15.9. The van der Waals surface area contributed by atoms with E-state index in [0.29, 0.717) is 0 Å². The van der Waals surface area contributed by atoms with Gasteiger partial charge in [-0.05, 0) is 43.3 Å². The van der Waals surface area contributed by atoms with Crippen molar-refractivity contribution in [3.8, 4) is 0 Å². The lowest BCUT2D eigenvalue weighted by atomic mass is 9.75. The van der Waals surface area contributed by atoms with E-state index in [0.717, 1.165) is 36.8 Å². The Morgan fingerprint density at radius 3 is 1.83 bits per heavy atom. The van der Waals surface area contributed by atoms with Crippen molar-refractivity contribution >= 4 is 12.6 Å².